The molecule has 0 aromatic heterocycles. The van der Waals surface area contributed by atoms with E-state index in [0.29, 0.717) is 0 Å². The Hall–Kier alpha value is 1.26. The SMILES string of the molecule is CCCCCCCCC[CH2][Al+][CH2]CCCCCCCCC.[I-]. The van der Waals surface area contributed by atoms with Gasteiger partial charge in [-0.15, -0.1) is 0 Å². The first-order valence-corrected chi connectivity index (χ1v) is 11.9. The van der Waals surface area contributed by atoms with Gasteiger partial charge >= 0.3 is 142 Å². The van der Waals surface area contributed by atoms with Crippen LogP contribution in [0.25, 0.3) is 0 Å². The Kier molecular flexibility index (Phi) is 28.4. The van der Waals surface area contributed by atoms with Gasteiger partial charge in [0.25, 0.3) is 0 Å². The molecule has 0 saturated carbocycles. The maximum absolute atomic E-state index is 2.30. The summed E-state index contributed by atoms with van der Waals surface area (Å²) < 4.78 is 0. The van der Waals surface area contributed by atoms with Gasteiger partial charge in [0.15, 0.2) is 0 Å². The molecule has 132 valence electrons. The zero-order valence-electron chi connectivity index (χ0n) is 15.7. The van der Waals surface area contributed by atoms with Crippen LogP contribution in [0.15, 0.2) is 0 Å². The minimum absolute atomic E-state index is 0. The quantitative estimate of drug-likeness (QED) is 0.164. The molecule has 0 rings (SSSR count). The van der Waals surface area contributed by atoms with Gasteiger partial charge in [0.2, 0.25) is 0 Å². The van der Waals surface area contributed by atoms with E-state index in [1.54, 1.807) is 10.6 Å². The van der Waals surface area contributed by atoms with Gasteiger partial charge in [-0.25, -0.2) is 0 Å². The molecule has 0 bridgehead atoms. The minimum Gasteiger partial charge on any atom is -1.00 e. The van der Waals surface area contributed by atoms with Crippen molar-refractivity contribution in [1.82, 2.24) is 0 Å². The fourth-order valence-corrected chi connectivity index (χ4v) is 4.43. The molecule has 0 saturated heterocycles. The Labute approximate surface area is 165 Å². The van der Waals surface area contributed by atoms with E-state index in [0.717, 1.165) is 15.2 Å². The van der Waals surface area contributed by atoms with E-state index in [-0.39, 0.29) is 24.0 Å². The Morgan fingerprint density at radius 1 is 0.409 bits per heavy atom. The van der Waals surface area contributed by atoms with Crippen LogP contribution in [-0.4, -0.2) is 15.2 Å². The second-order valence-corrected chi connectivity index (χ2v) is 8.55. The van der Waals surface area contributed by atoms with Crippen molar-refractivity contribution in [3.05, 3.63) is 0 Å². The molecular formula is C20H42AlI. The van der Waals surface area contributed by atoms with Crippen LogP contribution in [0, 0.1) is 0 Å². The third kappa shape index (κ3) is 23.5. The molecule has 0 spiro atoms. The molecule has 0 aliphatic heterocycles. The molecule has 0 radical (unpaired) electrons. The summed E-state index contributed by atoms with van der Waals surface area (Å²) in [6.07, 6.45) is 23.6. The van der Waals surface area contributed by atoms with Crippen molar-refractivity contribution in [3.8, 4) is 0 Å². The van der Waals surface area contributed by atoms with Gasteiger partial charge in [-0.05, 0) is 0 Å². The van der Waals surface area contributed by atoms with Crippen molar-refractivity contribution in [2.45, 2.75) is 127 Å². The molecule has 0 atom stereocenters. The molecule has 0 nitrogen and oxygen atoms in total. The van der Waals surface area contributed by atoms with Gasteiger partial charge in [-0.3, -0.25) is 0 Å². The molecule has 0 N–H and O–H groups in total. The fraction of sp³-hybridized carbons (Fsp3) is 1.00. The molecule has 0 unspecified atom stereocenters. The first-order chi connectivity index (χ1) is 10.4. The Balaban J connectivity index is 0. The zero-order chi connectivity index (χ0) is 15.4. The summed E-state index contributed by atoms with van der Waals surface area (Å²) >= 11 is 0.786. The first kappa shape index (κ1) is 25.5. The van der Waals surface area contributed by atoms with Crippen molar-refractivity contribution in [3.63, 3.8) is 0 Å². The normalized spacial score (nSPS) is 10.3. The van der Waals surface area contributed by atoms with E-state index in [9.17, 15) is 0 Å². The second-order valence-electron chi connectivity index (χ2n) is 6.82. The van der Waals surface area contributed by atoms with Crippen LogP contribution in [0.4, 0.5) is 0 Å². The Morgan fingerprint density at radius 2 is 0.682 bits per heavy atom. The van der Waals surface area contributed by atoms with Crippen LogP contribution < -0.4 is 24.0 Å². The Morgan fingerprint density at radius 3 is 1.00 bits per heavy atom. The first-order valence-electron chi connectivity index (χ1n) is 10.2. The van der Waals surface area contributed by atoms with Gasteiger partial charge in [0, 0.05) is 0 Å². The predicted molar refractivity (Wildman–Crippen MR) is 101 cm³/mol. The largest absolute Gasteiger partial charge is 1.00 e. The summed E-state index contributed by atoms with van der Waals surface area (Å²) in [7, 11) is 0. The van der Waals surface area contributed by atoms with Crippen LogP contribution in [0.1, 0.15) is 117 Å². The van der Waals surface area contributed by atoms with Crippen LogP contribution in [0.2, 0.25) is 10.6 Å². The summed E-state index contributed by atoms with van der Waals surface area (Å²) in [5, 5.41) is 3.15. The average molecular weight is 436 g/mol. The molecule has 0 fully saturated rings. The number of rotatable bonds is 18. The van der Waals surface area contributed by atoms with Gasteiger partial charge < -0.3 is 24.0 Å². The average Bonchev–Trinajstić information content (AvgIpc) is 2.50. The molecule has 0 aromatic carbocycles. The summed E-state index contributed by atoms with van der Waals surface area (Å²) in [5.74, 6) is 0. The van der Waals surface area contributed by atoms with Crippen molar-refractivity contribution < 1.29 is 24.0 Å². The van der Waals surface area contributed by atoms with Gasteiger partial charge in [-0.1, -0.05) is 0 Å². The molecule has 0 aliphatic rings. The van der Waals surface area contributed by atoms with Gasteiger partial charge in [-0.2, -0.15) is 0 Å². The zero-order valence-corrected chi connectivity index (χ0v) is 19.0. The van der Waals surface area contributed by atoms with Crippen molar-refractivity contribution in [1.29, 1.82) is 0 Å². The van der Waals surface area contributed by atoms with Crippen LogP contribution >= 0.6 is 0 Å². The maximum atomic E-state index is 2.30. The third-order valence-electron chi connectivity index (χ3n) is 4.52. The van der Waals surface area contributed by atoms with Crippen LogP contribution in [0.5, 0.6) is 0 Å². The van der Waals surface area contributed by atoms with Crippen LogP contribution in [0.3, 0.4) is 0 Å². The van der Waals surface area contributed by atoms with Crippen molar-refractivity contribution in [2.24, 2.45) is 0 Å². The number of hydrogen-bond acceptors (Lipinski definition) is 0. The van der Waals surface area contributed by atoms with Crippen LogP contribution in [-0.2, 0) is 0 Å². The van der Waals surface area contributed by atoms with E-state index >= 15 is 0 Å². The van der Waals surface area contributed by atoms with Crippen molar-refractivity contribution >= 4 is 15.2 Å². The predicted octanol–water partition coefficient (Wildman–Crippen LogP) is 4.81. The van der Waals surface area contributed by atoms with E-state index in [1.165, 1.54) is 103 Å². The molecule has 0 aliphatic carbocycles. The fourth-order valence-electron chi connectivity index (χ4n) is 2.99. The molecular weight excluding hydrogens is 394 g/mol. The monoisotopic (exact) mass is 436 g/mol. The molecule has 0 aromatic rings. The molecule has 2 heteroatoms. The van der Waals surface area contributed by atoms with E-state index in [1.807, 2.05) is 0 Å². The summed E-state index contributed by atoms with van der Waals surface area (Å²) in [6, 6.07) is 0. The minimum atomic E-state index is 0. The Bertz CT molecular complexity index is 155. The number of unbranched alkanes of at least 4 members (excludes halogenated alkanes) is 14. The van der Waals surface area contributed by atoms with Crippen molar-refractivity contribution in [2.75, 3.05) is 0 Å². The van der Waals surface area contributed by atoms with E-state index in [2.05, 4.69) is 13.8 Å². The third-order valence-corrected chi connectivity index (χ3v) is 6.16. The number of halogens is 1. The smallest absolute Gasteiger partial charge is 1.00 e. The summed E-state index contributed by atoms with van der Waals surface area (Å²) in [5.41, 5.74) is 0. The molecule has 0 heterocycles. The second kappa shape index (κ2) is 24.5. The van der Waals surface area contributed by atoms with Gasteiger partial charge in [0.05, 0.1) is 0 Å². The summed E-state index contributed by atoms with van der Waals surface area (Å²) in [4.78, 5) is 0. The maximum Gasteiger partial charge on any atom is -1.00 e. The topological polar surface area (TPSA) is 0 Å². The number of hydrogen-bond donors (Lipinski definition) is 0. The summed E-state index contributed by atoms with van der Waals surface area (Å²) in [6.45, 7) is 4.60. The standard InChI is InChI=1S/2C10H21.Al.HI/c2*1-3-5-7-9-10-8-6-4-2;;/h2*1,3-10H2,2H3;;1H/q;;+1;/p-1. The molecule has 0 amide bonds. The van der Waals surface area contributed by atoms with E-state index < -0.39 is 0 Å². The van der Waals surface area contributed by atoms with E-state index in [4.69, 9.17) is 0 Å². The molecule has 22 heavy (non-hydrogen) atoms. The van der Waals surface area contributed by atoms with Gasteiger partial charge in [0.1, 0.15) is 0 Å².